The Morgan fingerprint density at radius 2 is 1.53 bits per heavy atom. The monoisotopic (exact) mass is 735 g/mol. The summed E-state index contributed by atoms with van der Waals surface area (Å²) in [5.74, 6) is 0. The first-order chi connectivity index (χ1) is 23.7. The van der Waals surface area contributed by atoms with Crippen LogP contribution in [-0.4, -0.2) is 50.6 Å². The van der Waals surface area contributed by atoms with Gasteiger partial charge in [0.1, 0.15) is 26.8 Å². The van der Waals surface area contributed by atoms with Crippen LogP contribution in [0.25, 0.3) is 38.5 Å². The molecule has 260 valence electrons. The molecule has 3 N–H and O–H groups in total. The van der Waals surface area contributed by atoms with Gasteiger partial charge in [-0.1, -0.05) is 49.2 Å². The third kappa shape index (κ3) is 7.29. The fourth-order valence-electron chi connectivity index (χ4n) is 6.64. The van der Waals surface area contributed by atoms with E-state index in [1.807, 2.05) is 66.9 Å². The molecule has 6 rings (SSSR count). The zero-order valence-corrected chi connectivity index (χ0v) is 33.3. The Balaban J connectivity index is 0.00000504. The third-order valence-electron chi connectivity index (χ3n) is 8.92. The molecule has 5 aromatic carbocycles. The maximum absolute atomic E-state index is 12.6. The van der Waals surface area contributed by atoms with E-state index in [4.69, 9.17) is 4.98 Å². The summed E-state index contributed by atoms with van der Waals surface area (Å²) >= 11 is 0. The van der Waals surface area contributed by atoms with Gasteiger partial charge in [-0.25, -0.2) is 18.0 Å². The Hall–Kier alpha value is -3.82. The van der Waals surface area contributed by atoms with Gasteiger partial charge in [0, 0.05) is 53.9 Å². The van der Waals surface area contributed by atoms with E-state index in [-0.39, 0.29) is 40.1 Å². The first kappa shape index (κ1) is 38.4. The first-order valence-electron chi connectivity index (χ1n) is 16.2. The summed E-state index contributed by atoms with van der Waals surface area (Å²) < 4.78 is 73.9. The normalized spacial score (nSPS) is 11.9. The molecule has 0 fully saturated rings. The van der Waals surface area contributed by atoms with Gasteiger partial charge in [0.15, 0.2) is 0 Å². The van der Waals surface area contributed by atoms with E-state index in [2.05, 4.69) is 35.4 Å². The van der Waals surface area contributed by atoms with Gasteiger partial charge in [-0.2, -0.15) is 14.5 Å². The second-order valence-electron chi connectivity index (χ2n) is 12.2. The van der Waals surface area contributed by atoms with Crippen LogP contribution in [0.2, 0.25) is 0 Å². The average Bonchev–Trinajstić information content (AvgIpc) is 3.05. The van der Waals surface area contributed by atoms with E-state index < -0.39 is 25.1 Å². The number of aryl methyl sites for hydroxylation is 3. The van der Waals surface area contributed by atoms with Crippen LogP contribution in [0.15, 0.2) is 76.5 Å². The van der Waals surface area contributed by atoms with E-state index in [0.29, 0.717) is 51.3 Å². The van der Waals surface area contributed by atoms with Crippen LogP contribution in [0.1, 0.15) is 37.5 Å². The molecule has 0 saturated heterocycles. The summed E-state index contributed by atoms with van der Waals surface area (Å²) in [5, 5.41) is 7.90. The van der Waals surface area contributed by atoms with Gasteiger partial charge in [0.25, 0.3) is 10.1 Å². The summed E-state index contributed by atoms with van der Waals surface area (Å²) in [6.07, 6.45) is 0. The van der Waals surface area contributed by atoms with E-state index in [1.165, 1.54) is 12.1 Å². The Morgan fingerprint density at radius 1 is 0.843 bits per heavy atom. The Labute approximate surface area is 320 Å². The zero-order valence-electron chi connectivity index (χ0n) is 29.6. The Bertz CT molecular complexity index is 2530. The van der Waals surface area contributed by atoms with Gasteiger partial charge in [0.05, 0.1) is 16.3 Å². The number of rotatable bonds is 10. The van der Waals surface area contributed by atoms with Crippen LogP contribution < -0.4 is 49.7 Å². The van der Waals surface area contributed by atoms with Crippen molar-refractivity contribution >= 4 is 75.8 Å². The molecule has 0 atom stereocenters. The molecule has 0 spiro atoms. The van der Waals surface area contributed by atoms with E-state index in [9.17, 15) is 25.9 Å². The summed E-state index contributed by atoms with van der Waals surface area (Å²) in [6, 6.07) is 22.7. The number of nitrogens with zero attached hydrogens (tertiary/aromatic N) is 3. The Morgan fingerprint density at radius 3 is 2.14 bits per heavy atom. The molecule has 11 nitrogen and oxygen atoms in total. The van der Waals surface area contributed by atoms with Crippen molar-refractivity contribution in [1.82, 2.24) is 4.98 Å². The predicted molar refractivity (Wildman–Crippen MR) is 197 cm³/mol. The van der Waals surface area contributed by atoms with Crippen molar-refractivity contribution in [3.63, 3.8) is 0 Å². The molecule has 14 heteroatoms. The molecule has 0 aliphatic rings. The summed E-state index contributed by atoms with van der Waals surface area (Å²) in [7, 11) is -9.41. The fraction of sp³-hybridized carbons (Fsp3) is 0.243. The number of hydrogen-bond acceptors (Lipinski definition) is 9. The molecule has 0 amide bonds. The minimum atomic E-state index is -4.88. The van der Waals surface area contributed by atoms with Crippen LogP contribution in [0.4, 0.5) is 22.7 Å². The Kier molecular flexibility index (Phi) is 11.0. The van der Waals surface area contributed by atoms with Crippen molar-refractivity contribution in [2.45, 2.75) is 51.3 Å². The number of aromatic nitrogens is 2. The van der Waals surface area contributed by atoms with Crippen molar-refractivity contribution in [1.29, 1.82) is 0 Å². The van der Waals surface area contributed by atoms with Crippen LogP contribution in [0, 0.1) is 26.8 Å². The molecule has 1 aromatic heterocycles. The average molecular weight is 736 g/mol. The predicted octanol–water partition coefficient (Wildman–Crippen LogP) is 3.72. The molecule has 51 heavy (non-hydrogen) atoms. The summed E-state index contributed by atoms with van der Waals surface area (Å²) in [4.78, 5) is 6.63. The smallest absolute Gasteiger partial charge is 0.744 e. The van der Waals surface area contributed by atoms with Crippen molar-refractivity contribution in [2.75, 3.05) is 35.2 Å². The van der Waals surface area contributed by atoms with Gasteiger partial charge in [-0.15, -0.1) is 6.07 Å². The SMILES string of the molecule is CCNc1cc(S(=O)(=O)[O-])c(Nc2cc3c(nc4ccc(N(CC)CC)cc4[n+]3-c3c(C)[c-]c(S(=O)(=O)O)cc3C)c3ccccc23)cc1C.[Na+]. The van der Waals surface area contributed by atoms with Gasteiger partial charge in [0.2, 0.25) is 11.0 Å². The molecule has 0 unspecified atom stereocenters. The number of anilines is 4. The second kappa shape index (κ2) is 14.7. The minimum Gasteiger partial charge on any atom is -0.744 e. The first-order valence-corrected chi connectivity index (χ1v) is 19.1. The second-order valence-corrected chi connectivity index (χ2v) is 14.9. The van der Waals surface area contributed by atoms with Gasteiger partial charge < -0.3 is 20.1 Å². The maximum atomic E-state index is 12.6. The zero-order chi connectivity index (χ0) is 36.1. The molecule has 0 bridgehead atoms. The maximum Gasteiger partial charge on any atom is 1.00 e. The summed E-state index contributed by atoms with van der Waals surface area (Å²) in [6.45, 7) is 13.4. The van der Waals surface area contributed by atoms with Crippen LogP contribution in [-0.2, 0) is 20.2 Å². The van der Waals surface area contributed by atoms with Crippen LogP contribution >= 0.6 is 0 Å². The molecule has 0 aliphatic heterocycles. The quantitative estimate of drug-likeness (QED) is 0.0474. The topological polar surface area (TPSA) is 156 Å². The van der Waals surface area contributed by atoms with Crippen molar-refractivity contribution in [3.05, 3.63) is 89.5 Å². The molecule has 1 heterocycles. The number of hydrogen-bond donors (Lipinski definition) is 3. The van der Waals surface area contributed by atoms with Crippen LogP contribution in [0.3, 0.4) is 0 Å². The van der Waals surface area contributed by atoms with Crippen molar-refractivity contribution in [2.24, 2.45) is 0 Å². The largest absolute Gasteiger partial charge is 1.00 e. The summed E-state index contributed by atoms with van der Waals surface area (Å²) in [5.41, 5.74) is 7.28. The van der Waals surface area contributed by atoms with E-state index >= 15 is 0 Å². The van der Waals surface area contributed by atoms with Gasteiger partial charge in [-0.3, -0.25) is 4.55 Å². The fourth-order valence-corrected chi connectivity index (χ4v) is 7.89. The molecule has 0 aliphatic carbocycles. The number of nitrogens with one attached hydrogen (secondary N) is 2. The third-order valence-corrected chi connectivity index (χ3v) is 10.6. The van der Waals surface area contributed by atoms with Crippen LogP contribution in [0.5, 0.6) is 0 Å². The number of benzene rings is 5. The van der Waals surface area contributed by atoms with Gasteiger partial charge >= 0.3 is 29.6 Å². The molecule has 0 saturated carbocycles. The molecular formula is C37H38N5NaO6S2. The van der Waals surface area contributed by atoms with E-state index in [0.717, 1.165) is 40.6 Å². The van der Waals surface area contributed by atoms with E-state index in [1.54, 1.807) is 19.9 Å². The van der Waals surface area contributed by atoms with Crippen molar-refractivity contribution in [3.8, 4) is 5.69 Å². The molecule has 6 aromatic rings. The molecular weight excluding hydrogens is 698 g/mol. The standard InChI is InChI=1S/C37H38N5O6S2.Na/c1-7-38-30-21-35(50(46,47)48)32(18-22(30)4)39-31-20-34-36(28-13-11-10-12-27(28)31)40-29-15-14-25(41(8-2)9-3)19-33(29)42(34)37-23(5)16-26(17-24(37)6)49(43,44)45;/h10-16,18-21H,7-9H2,1-6H3,(H3,38,40,43,44,45,46,47,48);/q-1;+1. The molecule has 0 radical (unpaired) electrons. The van der Waals surface area contributed by atoms with Crippen molar-refractivity contribution < 1.29 is 60.1 Å². The number of fused-ring (bicyclic) bond motifs is 4. The minimum absolute atomic E-state index is 0. The van der Waals surface area contributed by atoms with Gasteiger partial charge in [-0.05, 0) is 62.4 Å².